The van der Waals surface area contributed by atoms with Gasteiger partial charge in [0, 0.05) is 23.9 Å². The average molecular weight is 309 g/mol. The Morgan fingerprint density at radius 1 is 1.14 bits per heavy atom. The molecule has 0 N–H and O–H groups in total. The first-order chi connectivity index (χ1) is 10.1. The summed E-state index contributed by atoms with van der Waals surface area (Å²) in [6, 6.07) is 4.86. The van der Waals surface area contributed by atoms with Gasteiger partial charge in [-0.3, -0.25) is 0 Å². The third kappa shape index (κ3) is 3.22. The Morgan fingerprint density at radius 2 is 1.90 bits per heavy atom. The zero-order valence-corrected chi connectivity index (χ0v) is 12.5. The number of carbonyl (C=O) groups excluding carboxylic acids is 1. The van der Waals surface area contributed by atoms with Crippen LogP contribution in [0, 0.1) is 0 Å². The Hall–Kier alpha value is -2.34. The van der Waals surface area contributed by atoms with Crippen molar-refractivity contribution in [2.45, 2.75) is 0 Å². The number of esters is 1. The third-order valence-electron chi connectivity index (χ3n) is 2.73. The highest BCUT2D eigenvalue weighted by atomic mass is 35.5. The standard InChI is InChI=1S/C14H13ClN2O4/c1-19-9-5-11(17-12(6-9)20-2)10-4-8(15)7-16-13(10)14(18)21-3/h4-7H,1-3H3. The summed E-state index contributed by atoms with van der Waals surface area (Å²) in [6.07, 6.45) is 1.37. The highest BCUT2D eigenvalue weighted by Gasteiger charge is 2.18. The van der Waals surface area contributed by atoms with Crippen LogP contribution in [0.15, 0.2) is 24.4 Å². The van der Waals surface area contributed by atoms with Crippen LogP contribution in [0.5, 0.6) is 11.6 Å². The molecule has 2 heterocycles. The van der Waals surface area contributed by atoms with E-state index >= 15 is 0 Å². The van der Waals surface area contributed by atoms with Crippen molar-refractivity contribution in [3.8, 4) is 22.9 Å². The molecule has 0 aliphatic carbocycles. The number of carbonyl (C=O) groups is 1. The van der Waals surface area contributed by atoms with Crippen molar-refractivity contribution < 1.29 is 19.0 Å². The van der Waals surface area contributed by atoms with E-state index in [0.717, 1.165) is 0 Å². The number of aromatic nitrogens is 2. The van der Waals surface area contributed by atoms with E-state index in [9.17, 15) is 4.79 Å². The summed E-state index contributed by atoms with van der Waals surface area (Å²) in [4.78, 5) is 20.1. The number of ether oxygens (including phenoxy) is 3. The second kappa shape index (κ2) is 6.41. The van der Waals surface area contributed by atoms with Gasteiger partial charge in [-0.05, 0) is 6.07 Å². The summed E-state index contributed by atoms with van der Waals surface area (Å²) in [5, 5.41) is 0.376. The lowest BCUT2D eigenvalue weighted by Gasteiger charge is -2.10. The lowest BCUT2D eigenvalue weighted by molar-refractivity contribution is 0.0595. The monoisotopic (exact) mass is 308 g/mol. The molecule has 6 nitrogen and oxygen atoms in total. The minimum absolute atomic E-state index is 0.115. The minimum Gasteiger partial charge on any atom is -0.496 e. The van der Waals surface area contributed by atoms with Gasteiger partial charge in [0.25, 0.3) is 0 Å². The molecule has 0 spiro atoms. The second-order valence-electron chi connectivity index (χ2n) is 3.98. The maximum Gasteiger partial charge on any atom is 0.357 e. The Balaban J connectivity index is 2.65. The predicted molar refractivity (Wildman–Crippen MR) is 76.9 cm³/mol. The van der Waals surface area contributed by atoms with Crippen LogP contribution in [0.2, 0.25) is 5.02 Å². The van der Waals surface area contributed by atoms with Crippen molar-refractivity contribution in [1.29, 1.82) is 0 Å². The molecule has 2 rings (SSSR count). The summed E-state index contributed by atoms with van der Waals surface area (Å²) in [5.74, 6) is 0.304. The van der Waals surface area contributed by atoms with Gasteiger partial charge in [-0.15, -0.1) is 0 Å². The number of nitrogens with zero attached hydrogens (tertiary/aromatic N) is 2. The van der Waals surface area contributed by atoms with E-state index in [0.29, 0.717) is 27.9 Å². The Morgan fingerprint density at radius 3 is 2.52 bits per heavy atom. The first kappa shape index (κ1) is 15.1. The molecule has 21 heavy (non-hydrogen) atoms. The number of hydrogen-bond acceptors (Lipinski definition) is 6. The molecule has 0 amide bonds. The third-order valence-corrected chi connectivity index (χ3v) is 2.94. The van der Waals surface area contributed by atoms with Crippen molar-refractivity contribution in [2.24, 2.45) is 0 Å². The number of rotatable bonds is 4. The quantitative estimate of drug-likeness (QED) is 0.809. The largest absolute Gasteiger partial charge is 0.496 e. The molecule has 0 saturated carbocycles. The van der Waals surface area contributed by atoms with Gasteiger partial charge in [0.05, 0.1) is 32.0 Å². The van der Waals surface area contributed by atoms with Crippen molar-refractivity contribution in [2.75, 3.05) is 21.3 Å². The maximum absolute atomic E-state index is 11.8. The van der Waals surface area contributed by atoms with E-state index in [-0.39, 0.29) is 5.69 Å². The molecule has 2 aromatic rings. The van der Waals surface area contributed by atoms with Crippen LogP contribution in [0.25, 0.3) is 11.3 Å². The van der Waals surface area contributed by atoms with Crippen molar-refractivity contribution in [3.05, 3.63) is 35.1 Å². The van der Waals surface area contributed by atoms with Crippen LogP contribution in [-0.2, 0) is 4.74 Å². The van der Waals surface area contributed by atoms with Crippen LogP contribution >= 0.6 is 11.6 Å². The molecule has 110 valence electrons. The first-order valence-electron chi connectivity index (χ1n) is 5.93. The van der Waals surface area contributed by atoms with Crippen molar-refractivity contribution >= 4 is 17.6 Å². The highest BCUT2D eigenvalue weighted by Crippen LogP contribution is 2.29. The fourth-order valence-electron chi connectivity index (χ4n) is 1.74. The van der Waals surface area contributed by atoms with Gasteiger partial charge in [0.1, 0.15) is 5.75 Å². The molecule has 0 radical (unpaired) electrons. The van der Waals surface area contributed by atoms with Crippen LogP contribution in [0.3, 0.4) is 0 Å². The summed E-state index contributed by atoms with van der Waals surface area (Å²) >= 11 is 5.96. The molecule has 0 aromatic carbocycles. The molecule has 0 aliphatic rings. The van der Waals surface area contributed by atoms with E-state index < -0.39 is 5.97 Å². The van der Waals surface area contributed by atoms with Gasteiger partial charge < -0.3 is 14.2 Å². The number of methoxy groups -OCH3 is 3. The van der Waals surface area contributed by atoms with Gasteiger partial charge in [0.15, 0.2) is 5.69 Å². The van der Waals surface area contributed by atoms with Crippen LogP contribution in [0.4, 0.5) is 0 Å². The number of pyridine rings is 2. The van der Waals surface area contributed by atoms with Crippen molar-refractivity contribution in [3.63, 3.8) is 0 Å². The number of hydrogen-bond donors (Lipinski definition) is 0. The van der Waals surface area contributed by atoms with Gasteiger partial charge >= 0.3 is 5.97 Å². The summed E-state index contributed by atoms with van der Waals surface area (Å²) in [7, 11) is 4.29. The lowest BCUT2D eigenvalue weighted by atomic mass is 10.1. The smallest absolute Gasteiger partial charge is 0.357 e. The summed E-state index contributed by atoms with van der Waals surface area (Å²) in [6.45, 7) is 0. The van der Waals surface area contributed by atoms with E-state index in [4.69, 9.17) is 25.8 Å². The molecule has 0 bridgehead atoms. The van der Waals surface area contributed by atoms with Crippen molar-refractivity contribution in [1.82, 2.24) is 9.97 Å². The maximum atomic E-state index is 11.8. The zero-order valence-electron chi connectivity index (χ0n) is 11.7. The molecule has 0 unspecified atom stereocenters. The predicted octanol–water partition coefficient (Wildman–Crippen LogP) is 2.60. The van der Waals surface area contributed by atoms with Gasteiger partial charge in [-0.25, -0.2) is 14.8 Å². The summed E-state index contributed by atoms with van der Waals surface area (Å²) in [5.41, 5.74) is 0.998. The second-order valence-corrected chi connectivity index (χ2v) is 4.41. The van der Waals surface area contributed by atoms with E-state index in [2.05, 4.69) is 9.97 Å². The zero-order chi connectivity index (χ0) is 15.4. The number of halogens is 1. The lowest BCUT2D eigenvalue weighted by Crippen LogP contribution is -2.07. The molecule has 0 saturated heterocycles. The fraction of sp³-hybridized carbons (Fsp3) is 0.214. The molecule has 0 fully saturated rings. The van der Waals surface area contributed by atoms with Crippen LogP contribution in [-0.4, -0.2) is 37.3 Å². The molecule has 0 atom stereocenters. The minimum atomic E-state index is -0.578. The molecular formula is C14H13ClN2O4. The van der Waals surface area contributed by atoms with Crippen LogP contribution < -0.4 is 9.47 Å². The van der Waals surface area contributed by atoms with Crippen LogP contribution in [0.1, 0.15) is 10.5 Å². The SMILES string of the molecule is COC(=O)c1ncc(Cl)cc1-c1cc(OC)cc(OC)n1. The average Bonchev–Trinajstić information content (AvgIpc) is 2.53. The molecule has 0 aliphatic heterocycles. The molecule has 2 aromatic heterocycles. The first-order valence-corrected chi connectivity index (χ1v) is 6.31. The van der Waals surface area contributed by atoms with Gasteiger partial charge in [-0.1, -0.05) is 11.6 Å². The Kier molecular flexibility index (Phi) is 4.59. The van der Waals surface area contributed by atoms with E-state index in [1.165, 1.54) is 27.5 Å². The summed E-state index contributed by atoms with van der Waals surface area (Å²) < 4.78 is 15.0. The van der Waals surface area contributed by atoms with E-state index in [1.807, 2.05) is 0 Å². The Bertz CT molecular complexity index is 654. The molecule has 7 heteroatoms. The van der Waals surface area contributed by atoms with E-state index in [1.54, 1.807) is 18.2 Å². The topological polar surface area (TPSA) is 70.5 Å². The Labute approximate surface area is 126 Å². The highest BCUT2D eigenvalue weighted by molar-refractivity contribution is 6.30. The molecular weight excluding hydrogens is 296 g/mol. The normalized spacial score (nSPS) is 10.1. The fourth-order valence-corrected chi connectivity index (χ4v) is 1.89. The van der Waals surface area contributed by atoms with Gasteiger partial charge in [-0.2, -0.15) is 0 Å². The van der Waals surface area contributed by atoms with Gasteiger partial charge in [0.2, 0.25) is 5.88 Å².